The Balaban J connectivity index is 1.88. The van der Waals surface area contributed by atoms with Crippen molar-refractivity contribution in [3.8, 4) is 11.5 Å². The number of methoxy groups -OCH3 is 1. The minimum atomic E-state index is -4.78. The van der Waals surface area contributed by atoms with Gasteiger partial charge in [-0.15, -0.1) is 13.2 Å². The van der Waals surface area contributed by atoms with E-state index in [9.17, 15) is 22.8 Å². The Morgan fingerprint density at radius 2 is 1.69 bits per heavy atom. The van der Waals surface area contributed by atoms with Crippen LogP contribution in [0.3, 0.4) is 0 Å². The van der Waals surface area contributed by atoms with Crippen LogP contribution < -0.4 is 20.1 Å². The smallest absolute Gasteiger partial charge is 0.496 e. The second kappa shape index (κ2) is 8.24. The average molecular weight is 368 g/mol. The molecule has 26 heavy (non-hydrogen) atoms. The summed E-state index contributed by atoms with van der Waals surface area (Å²) in [7, 11) is 1.42. The van der Waals surface area contributed by atoms with Gasteiger partial charge in [0.2, 0.25) is 5.91 Å². The third-order valence-electron chi connectivity index (χ3n) is 3.13. The van der Waals surface area contributed by atoms with E-state index < -0.39 is 23.9 Å². The van der Waals surface area contributed by atoms with Gasteiger partial charge >= 0.3 is 6.36 Å². The van der Waals surface area contributed by atoms with Crippen molar-refractivity contribution in [3.05, 3.63) is 54.1 Å². The summed E-state index contributed by atoms with van der Waals surface area (Å²) < 4.78 is 45.0. The number of carbonyl (C=O) groups excluding carboxylic acids is 2. The van der Waals surface area contributed by atoms with E-state index in [1.807, 2.05) is 0 Å². The molecular weight excluding hydrogens is 353 g/mol. The molecule has 2 N–H and O–H groups in total. The van der Waals surface area contributed by atoms with Gasteiger partial charge in [-0.25, -0.2) is 0 Å². The molecule has 0 spiro atoms. The SMILES string of the molecule is COc1ccccc1C(=O)NCC(=O)Nc1ccc(OC(F)(F)F)cc1. The highest BCUT2D eigenvalue weighted by Crippen LogP contribution is 2.23. The van der Waals surface area contributed by atoms with E-state index >= 15 is 0 Å². The largest absolute Gasteiger partial charge is 0.573 e. The van der Waals surface area contributed by atoms with Crippen LogP contribution in [0.15, 0.2) is 48.5 Å². The summed E-state index contributed by atoms with van der Waals surface area (Å²) in [6.45, 7) is -0.322. The zero-order valence-electron chi connectivity index (χ0n) is 13.6. The predicted molar refractivity (Wildman–Crippen MR) is 87.1 cm³/mol. The molecule has 138 valence electrons. The second-order valence-corrected chi connectivity index (χ2v) is 5.00. The Morgan fingerprint density at radius 1 is 1.04 bits per heavy atom. The van der Waals surface area contributed by atoms with Crippen LogP contribution in [0.5, 0.6) is 11.5 Å². The molecule has 0 radical (unpaired) electrons. The fourth-order valence-corrected chi connectivity index (χ4v) is 2.03. The summed E-state index contributed by atoms with van der Waals surface area (Å²) in [5, 5.41) is 4.88. The lowest BCUT2D eigenvalue weighted by Gasteiger charge is -2.11. The number of alkyl halides is 3. The maximum Gasteiger partial charge on any atom is 0.573 e. The van der Waals surface area contributed by atoms with Crippen LogP contribution in [0.25, 0.3) is 0 Å². The van der Waals surface area contributed by atoms with Gasteiger partial charge in [0.05, 0.1) is 19.2 Å². The Labute approximate surface area is 146 Å². The molecule has 0 saturated heterocycles. The lowest BCUT2D eigenvalue weighted by Crippen LogP contribution is -2.33. The minimum absolute atomic E-state index is 0.260. The Hall–Kier alpha value is -3.23. The van der Waals surface area contributed by atoms with Crippen LogP contribution in [0.4, 0.5) is 18.9 Å². The van der Waals surface area contributed by atoms with Crippen molar-refractivity contribution in [3.63, 3.8) is 0 Å². The first-order valence-corrected chi connectivity index (χ1v) is 7.35. The van der Waals surface area contributed by atoms with Crippen LogP contribution in [0.1, 0.15) is 10.4 Å². The molecule has 0 atom stereocenters. The maximum absolute atomic E-state index is 12.1. The van der Waals surface area contributed by atoms with Crippen molar-refractivity contribution in [2.45, 2.75) is 6.36 Å². The lowest BCUT2D eigenvalue weighted by molar-refractivity contribution is -0.274. The monoisotopic (exact) mass is 368 g/mol. The maximum atomic E-state index is 12.1. The van der Waals surface area contributed by atoms with Crippen LogP contribution in [-0.4, -0.2) is 31.8 Å². The third kappa shape index (κ3) is 5.69. The van der Waals surface area contributed by atoms with E-state index in [2.05, 4.69) is 15.4 Å². The van der Waals surface area contributed by atoms with Gasteiger partial charge in [-0.2, -0.15) is 0 Å². The first kappa shape index (κ1) is 19.1. The summed E-state index contributed by atoms with van der Waals surface area (Å²) in [6.07, 6.45) is -4.78. The van der Waals surface area contributed by atoms with Crippen LogP contribution in [0, 0.1) is 0 Å². The highest BCUT2D eigenvalue weighted by Gasteiger charge is 2.30. The number of hydrogen-bond donors (Lipinski definition) is 2. The van der Waals surface area contributed by atoms with Gasteiger partial charge in [-0.05, 0) is 36.4 Å². The highest BCUT2D eigenvalue weighted by molar-refractivity contribution is 6.00. The minimum Gasteiger partial charge on any atom is -0.496 e. The molecule has 0 fully saturated rings. The van der Waals surface area contributed by atoms with Crippen molar-refractivity contribution in [2.75, 3.05) is 19.0 Å². The number of hydrogen-bond acceptors (Lipinski definition) is 4. The van der Waals surface area contributed by atoms with E-state index in [1.165, 1.54) is 19.2 Å². The molecule has 2 aromatic carbocycles. The van der Waals surface area contributed by atoms with E-state index in [1.54, 1.807) is 24.3 Å². The first-order chi connectivity index (χ1) is 12.3. The van der Waals surface area contributed by atoms with Crippen molar-refractivity contribution < 1.29 is 32.2 Å². The van der Waals surface area contributed by atoms with Crippen molar-refractivity contribution >= 4 is 17.5 Å². The molecule has 2 rings (SSSR count). The quantitative estimate of drug-likeness (QED) is 0.822. The Kier molecular flexibility index (Phi) is 6.05. The molecule has 0 aliphatic carbocycles. The molecule has 0 saturated carbocycles. The van der Waals surface area contributed by atoms with E-state index in [4.69, 9.17) is 4.74 Å². The molecule has 6 nitrogen and oxygen atoms in total. The van der Waals surface area contributed by atoms with Gasteiger partial charge in [-0.1, -0.05) is 12.1 Å². The van der Waals surface area contributed by atoms with Gasteiger partial charge in [-0.3, -0.25) is 9.59 Å². The normalized spacial score (nSPS) is 10.8. The molecule has 9 heteroatoms. The molecule has 2 amide bonds. The molecule has 0 heterocycles. The number of amides is 2. The first-order valence-electron chi connectivity index (χ1n) is 7.35. The number of carbonyl (C=O) groups is 2. The van der Waals surface area contributed by atoms with Gasteiger partial charge in [0, 0.05) is 5.69 Å². The lowest BCUT2D eigenvalue weighted by atomic mass is 10.2. The second-order valence-electron chi connectivity index (χ2n) is 5.00. The van der Waals surface area contributed by atoms with Gasteiger partial charge in [0.15, 0.2) is 0 Å². The van der Waals surface area contributed by atoms with Crippen molar-refractivity contribution in [1.29, 1.82) is 0 Å². The van der Waals surface area contributed by atoms with Gasteiger partial charge in [0.1, 0.15) is 11.5 Å². The topological polar surface area (TPSA) is 76.7 Å². The van der Waals surface area contributed by atoms with Crippen LogP contribution in [0.2, 0.25) is 0 Å². The van der Waals surface area contributed by atoms with E-state index in [-0.39, 0.29) is 17.8 Å². The number of para-hydroxylation sites is 1. The van der Waals surface area contributed by atoms with Crippen LogP contribution in [-0.2, 0) is 4.79 Å². The zero-order valence-corrected chi connectivity index (χ0v) is 13.6. The number of rotatable bonds is 6. The van der Waals surface area contributed by atoms with Gasteiger partial charge in [0.25, 0.3) is 5.91 Å². The predicted octanol–water partition coefficient (Wildman–Crippen LogP) is 2.96. The molecule has 0 aliphatic heterocycles. The summed E-state index contributed by atoms with van der Waals surface area (Å²) >= 11 is 0. The van der Waals surface area contributed by atoms with E-state index in [0.29, 0.717) is 5.75 Å². The molecule has 0 bridgehead atoms. The summed E-state index contributed by atoms with van der Waals surface area (Å²) in [6, 6.07) is 11.1. The Bertz CT molecular complexity index is 776. The number of ether oxygens (including phenoxy) is 2. The molecule has 0 aromatic heterocycles. The zero-order chi connectivity index (χ0) is 19.2. The summed E-state index contributed by atoms with van der Waals surface area (Å²) in [5.74, 6) is -1.07. The van der Waals surface area contributed by atoms with Gasteiger partial charge < -0.3 is 20.1 Å². The molecule has 0 unspecified atom stereocenters. The molecule has 0 aliphatic rings. The average Bonchev–Trinajstić information content (AvgIpc) is 2.60. The molecular formula is C17H15F3N2O4. The van der Waals surface area contributed by atoms with Crippen LogP contribution >= 0.6 is 0 Å². The Morgan fingerprint density at radius 3 is 2.31 bits per heavy atom. The number of halogens is 3. The number of anilines is 1. The standard InChI is InChI=1S/C17H15F3N2O4/c1-25-14-5-3-2-4-13(14)16(24)21-10-15(23)22-11-6-8-12(9-7-11)26-17(18,19)20/h2-9H,10H2,1H3,(H,21,24)(H,22,23). The third-order valence-corrected chi connectivity index (χ3v) is 3.13. The highest BCUT2D eigenvalue weighted by atomic mass is 19.4. The fraction of sp³-hybridized carbons (Fsp3) is 0.176. The van der Waals surface area contributed by atoms with Crippen molar-refractivity contribution in [2.24, 2.45) is 0 Å². The summed E-state index contributed by atoms with van der Waals surface area (Å²) in [5.41, 5.74) is 0.535. The number of benzene rings is 2. The molecule has 2 aromatic rings. The number of nitrogens with one attached hydrogen (secondary N) is 2. The van der Waals surface area contributed by atoms with Crippen molar-refractivity contribution in [1.82, 2.24) is 5.32 Å². The van der Waals surface area contributed by atoms with E-state index in [0.717, 1.165) is 12.1 Å². The fourth-order valence-electron chi connectivity index (χ4n) is 2.03. The summed E-state index contributed by atoms with van der Waals surface area (Å²) in [4.78, 5) is 23.9.